The lowest BCUT2D eigenvalue weighted by Crippen LogP contribution is -2.25. The van der Waals surface area contributed by atoms with Crippen LogP contribution in [0.1, 0.15) is 40.7 Å². The van der Waals surface area contributed by atoms with Gasteiger partial charge in [-0.05, 0) is 50.9 Å². The number of fused-ring (bicyclic) bond motifs is 1. The highest BCUT2D eigenvalue weighted by Crippen LogP contribution is 2.32. The highest BCUT2D eigenvalue weighted by Gasteiger charge is 2.38. The average Bonchev–Trinajstić information content (AvgIpc) is 2.37. The van der Waals surface area contributed by atoms with E-state index in [2.05, 4.69) is 10.3 Å². The summed E-state index contributed by atoms with van der Waals surface area (Å²) in [7, 11) is 0. The molecule has 1 aliphatic rings. The maximum Gasteiger partial charge on any atom is 0.434 e. The van der Waals surface area contributed by atoms with Crippen molar-refractivity contribution in [1.29, 1.82) is 0 Å². The fourth-order valence-electron chi connectivity index (χ4n) is 2.34. The maximum absolute atomic E-state index is 13.1. The van der Waals surface area contributed by atoms with Crippen molar-refractivity contribution >= 4 is 5.97 Å². The van der Waals surface area contributed by atoms with Gasteiger partial charge in [0.2, 0.25) is 0 Å². The quantitative estimate of drug-likeness (QED) is 0.852. The number of pyridine rings is 1. The van der Waals surface area contributed by atoms with Gasteiger partial charge < -0.3 is 10.1 Å². The fourth-order valence-corrected chi connectivity index (χ4v) is 2.34. The molecule has 0 aliphatic carbocycles. The minimum atomic E-state index is -4.67. The van der Waals surface area contributed by atoms with E-state index in [1.165, 1.54) is 6.07 Å². The van der Waals surface area contributed by atoms with Crippen molar-refractivity contribution in [1.82, 2.24) is 10.3 Å². The van der Waals surface area contributed by atoms with Crippen LogP contribution in [0.4, 0.5) is 13.2 Å². The van der Waals surface area contributed by atoms with Gasteiger partial charge in [-0.25, -0.2) is 9.78 Å². The first kappa shape index (κ1) is 15.8. The zero-order valence-corrected chi connectivity index (χ0v) is 11.7. The summed E-state index contributed by atoms with van der Waals surface area (Å²) < 4.78 is 44.1. The molecule has 0 radical (unpaired) electrons. The summed E-state index contributed by atoms with van der Waals surface area (Å²) in [5.41, 5.74) is -0.535. The lowest BCUT2D eigenvalue weighted by atomic mass is 10.00. The molecule has 0 fully saturated rings. The van der Waals surface area contributed by atoms with Crippen LogP contribution in [0.3, 0.4) is 0 Å². The number of hydrogen-bond acceptors (Lipinski definition) is 4. The number of hydrogen-bond donors (Lipinski definition) is 1. The number of aryl methyl sites for hydroxylation is 1. The zero-order chi connectivity index (χ0) is 15.5. The Morgan fingerprint density at radius 3 is 2.81 bits per heavy atom. The molecule has 1 N–H and O–H groups in total. The van der Waals surface area contributed by atoms with E-state index in [1.807, 2.05) is 0 Å². The maximum atomic E-state index is 13.1. The Kier molecular flexibility index (Phi) is 4.82. The van der Waals surface area contributed by atoms with E-state index < -0.39 is 23.4 Å². The molecule has 0 unspecified atom stereocenters. The predicted octanol–water partition coefficient (Wildman–Crippen LogP) is 2.36. The van der Waals surface area contributed by atoms with E-state index in [0.717, 1.165) is 13.0 Å². The van der Waals surface area contributed by atoms with Gasteiger partial charge in [-0.1, -0.05) is 0 Å². The Labute approximate surface area is 120 Å². The van der Waals surface area contributed by atoms with Crippen molar-refractivity contribution in [2.45, 2.75) is 32.4 Å². The highest BCUT2D eigenvalue weighted by molar-refractivity contribution is 5.91. The summed E-state index contributed by atoms with van der Waals surface area (Å²) >= 11 is 0. The van der Waals surface area contributed by atoms with Gasteiger partial charge in [0.25, 0.3) is 0 Å². The van der Waals surface area contributed by atoms with Crippen molar-refractivity contribution in [3.63, 3.8) is 0 Å². The number of aromatic nitrogens is 1. The lowest BCUT2D eigenvalue weighted by molar-refractivity contribution is -0.141. The Hall–Kier alpha value is -1.63. The molecule has 0 atom stereocenters. The second-order valence-corrected chi connectivity index (χ2v) is 4.81. The molecule has 1 aromatic rings. The Balaban J connectivity index is 2.50. The molecule has 1 aliphatic heterocycles. The van der Waals surface area contributed by atoms with Crippen LogP contribution in [-0.4, -0.2) is 30.6 Å². The van der Waals surface area contributed by atoms with Crippen LogP contribution in [0.25, 0.3) is 0 Å². The average molecular weight is 302 g/mol. The molecule has 1 aromatic heterocycles. The monoisotopic (exact) mass is 302 g/mol. The third-order valence-corrected chi connectivity index (χ3v) is 3.29. The van der Waals surface area contributed by atoms with Crippen LogP contribution in [0.15, 0.2) is 6.07 Å². The van der Waals surface area contributed by atoms with E-state index in [9.17, 15) is 18.0 Å². The minimum Gasteiger partial charge on any atom is -0.462 e. The van der Waals surface area contributed by atoms with Crippen LogP contribution in [-0.2, 0) is 23.8 Å². The van der Waals surface area contributed by atoms with Crippen LogP contribution < -0.4 is 5.32 Å². The molecule has 21 heavy (non-hydrogen) atoms. The van der Waals surface area contributed by atoms with Gasteiger partial charge in [0, 0.05) is 5.69 Å². The van der Waals surface area contributed by atoms with Crippen molar-refractivity contribution in [3.05, 3.63) is 28.6 Å². The van der Waals surface area contributed by atoms with Crippen LogP contribution in [0.2, 0.25) is 0 Å². The number of nitrogens with one attached hydrogen (secondary N) is 1. The minimum absolute atomic E-state index is 0.0226. The number of carbonyl (C=O) groups excluding carboxylic acids is 1. The molecule has 0 saturated heterocycles. The van der Waals surface area contributed by atoms with E-state index in [1.54, 1.807) is 6.92 Å². The van der Waals surface area contributed by atoms with Gasteiger partial charge in [0.05, 0.1) is 12.2 Å². The fraction of sp³-hybridized carbons (Fsp3) is 0.571. The number of halogens is 3. The largest absolute Gasteiger partial charge is 0.462 e. The number of alkyl halides is 3. The Morgan fingerprint density at radius 1 is 1.38 bits per heavy atom. The van der Waals surface area contributed by atoms with Crippen LogP contribution in [0, 0.1) is 0 Å². The van der Waals surface area contributed by atoms with E-state index in [4.69, 9.17) is 4.74 Å². The number of carbonyl (C=O) groups is 1. The van der Waals surface area contributed by atoms with Crippen molar-refractivity contribution in [3.8, 4) is 0 Å². The first-order chi connectivity index (χ1) is 9.93. The molecule has 0 aromatic carbocycles. The number of esters is 1. The number of nitrogens with zero attached hydrogens (tertiary/aromatic N) is 1. The first-order valence-electron chi connectivity index (χ1n) is 6.91. The third kappa shape index (κ3) is 3.72. The smallest absolute Gasteiger partial charge is 0.434 e. The summed E-state index contributed by atoms with van der Waals surface area (Å²) in [6, 6.07) is 1.29. The summed E-state index contributed by atoms with van der Waals surface area (Å²) in [6.07, 6.45) is -2.94. The Morgan fingerprint density at radius 2 is 2.14 bits per heavy atom. The molecule has 7 heteroatoms. The molecule has 2 rings (SSSR count). The second kappa shape index (κ2) is 6.43. The predicted molar refractivity (Wildman–Crippen MR) is 70.1 cm³/mol. The third-order valence-electron chi connectivity index (χ3n) is 3.29. The van der Waals surface area contributed by atoms with E-state index in [-0.39, 0.29) is 6.61 Å². The molecular formula is C14H17F3N2O2. The van der Waals surface area contributed by atoms with E-state index in [0.29, 0.717) is 30.6 Å². The molecule has 0 spiro atoms. The highest BCUT2D eigenvalue weighted by atomic mass is 19.4. The zero-order valence-electron chi connectivity index (χ0n) is 11.7. The molecule has 0 saturated carbocycles. The van der Waals surface area contributed by atoms with Gasteiger partial charge in [-0.2, -0.15) is 13.2 Å². The van der Waals surface area contributed by atoms with Crippen LogP contribution in [0.5, 0.6) is 0 Å². The summed E-state index contributed by atoms with van der Waals surface area (Å²) in [6.45, 7) is 2.98. The summed E-state index contributed by atoms with van der Waals surface area (Å²) in [5.74, 6) is -0.977. The van der Waals surface area contributed by atoms with Gasteiger partial charge in [0.15, 0.2) is 5.69 Å². The van der Waals surface area contributed by atoms with Crippen molar-refractivity contribution in [2.24, 2.45) is 0 Å². The SMILES string of the molecule is CCOC(=O)c1cc2c(nc1C(F)(F)F)CCCNCC2. The molecule has 0 amide bonds. The van der Waals surface area contributed by atoms with Crippen LogP contribution >= 0.6 is 0 Å². The standard InChI is InChI=1S/C14H17F3N2O2/c1-2-21-13(20)10-8-9-5-7-18-6-3-4-11(9)19-12(10)14(15,16)17/h8,18H,2-7H2,1H3. The summed E-state index contributed by atoms with van der Waals surface area (Å²) in [5, 5.41) is 3.18. The second-order valence-electron chi connectivity index (χ2n) is 4.81. The van der Waals surface area contributed by atoms with E-state index >= 15 is 0 Å². The molecule has 2 heterocycles. The van der Waals surface area contributed by atoms with Gasteiger partial charge in [-0.3, -0.25) is 0 Å². The number of rotatable bonds is 2. The topological polar surface area (TPSA) is 51.2 Å². The Bertz CT molecular complexity index is 530. The molecule has 0 bridgehead atoms. The lowest BCUT2D eigenvalue weighted by Gasteiger charge is -2.18. The van der Waals surface area contributed by atoms with Gasteiger partial charge >= 0.3 is 12.1 Å². The molecule has 116 valence electrons. The molecular weight excluding hydrogens is 285 g/mol. The van der Waals surface area contributed by atoms with Crippen molar-refractivity contribution < 1.29 is 22.7 Å². The normalized spacial score (nSPS) is 15.8. The summed E-state index contributed by atoms with van der Waals surface area (Å²) in [4.78, 5) is 15.5. The molecule has 4 nitrogen and oxygen atoms in total. The van der Waals surface area contributed by atoms with Gasteiger partial charge in [-0.15, -0.1) is 0 Å². The van der Waals surface area contributed by atoms with Crippen molar-refractivity contribution in [2.75, 3.05) is 19.7 Å². The first-order valence-corrected chi connectivity index (χ1v) is 6.91. The number of ether oxygens (including phenoxy) is 1. The van der Waals surface area contributed by atoms with Gasteiger partial charge in [0.1, 0.15) is 0 Å².